The van der Waals surface area contributed by atoms with Gasteiger partial charge in [0.25, 0.3) is 0 Å². The topological polar surface area (TPSA) is 39.4 Å². The maximum atomic E-state index is 12.7. The van der Waals surface area contributed by atoms with E-state index in [0.29, 0.717) is 17.1 Å². The van der Waals surface area contributed by atoms with Crippen LogP contribution in [0.25, 0.3) is 11.0 Å². The summed E-state index contributed by atoms with van der Waals surface area (Å²) in [6.45, 7) is 3.93. The molecule has 2 aromatic carbocycles. The van der Waals surface area contributed by atoms with Gasteiger partial charge in [0.2, 0.25) is 5.78 Å². The fraction of sp³-hybridized carbons (Fsp3) is 0.167. The van der Waals surface area contributed by atoms with Gasteiger partial charge in [-0.3, -0.25) is 4.79 Å². The standard InChI is InChI=1S/C18H16O3/c1-11-8-9-16-14(10-11)12(2)18(21-16)17(19)13-6-4-5-7-15(13)20-3/h4-10H,1-3H3. The van der Waals surface area contributed by atoms with E-state index in [2.05, 4.69) is 0 Å². The smallest absolute Gasteiger partial charge is 0.232 e. The van der Waals surface area contributed by atoms with Crippen molar-refractivity contribution in [2.24, 2.45) is 0 Å². The number of furan rings is 1. The van der Waals surface area contributed by atoms with E-state index in [-0.39, 0.29) is 5.78 Å². The molecule has 0 fully saturated rings. The predicted octanol–water partition coefficient (Wildman–Crippen LogP) is 4.29. The lowest BCUT2D eigenvalue weighted by Crippen LogP contribution is -2.04. The number of hydrogen-bond donors (Lipinski definition) is 0. The highest BCUT2D eigenvalue weighted by Gasteiger charge is 2.21. The first-order valence-electron chi connectivity index (χ1n) is 6.79. The molecule has 3 nitrogen and oxygen atoms in total. The Labute approximate surface area is 123 Å². The molecular formula is C18H16O3. The Kier molecular flexibility index (Phi) is 3.26. The number of methoxy groups -OCH3 is 1. The summed E-state index contributed by atoms with van der Waals surface area (Å²) in [7, 11) is 1.56. The second-order valence-corrected chi connectivity index (χ2v) is 5.09. The molecule has 3 aromatic rings. The third-order valence-electron chi connectivity index (χ3n) is 3.65. The average Bonchev–Trinajstić information content (AvgIpc) is 2.83. The number of carbonyl (C=O) groups excluding carboxylic acids is 1. The van der Waals surface area contributed by atoms with Crippen molar-refractivity contribution in [1.82, 2.24) is 0 Å². The van der Waals surface area contributed by atoms with Crippen molar-refractivity contribution < 1.29 is 13.9 Å². The number of fused-ring (bicyclic) bond motifs is 1. The van der Waals surface area contributed by atoms with Crippen LogP contribution in [0.15, 0.2) is 46.9 Å². The molecular weight excluding hydrogens is 264 g/mol. The van der Waals surface area contributed by atoms with Gasteiger partial charge in [0.1, 0.15) is 11.3 Å². The van der Waals surface area contributed by atoms with Gasteiger partial charge >= 0.3 is 0 Å². The molecule has 0 aliphatic carbocycles. The summed E-state index contributed by atoms with van der Waals surface area (Å²) in [5.41, 5.74) is 3.25. The van der Waals surface area contributed by atoms with E-state index < -0.39 is 0 Å². The quantitative estimate of drug-likeness (QED) is 0.672. The van der Waals surface area contributed by atoms with Gasteiger partial charge in [-0.15, -0.1) is 0 Å². The number of rotatable bonds is 3. The summed E-state index contributed by atoms with van der Waals surface area (Å²) in [4.78, 5) is 12.7. The van der Waals surface area contributed by atoms with Crippen LogP contribution in [0.4, 0.5) is 0 Å². The highest BCUT2D eigenvalue weighted by atomic mass is 16.5. The minimum atomic E-state index is -0.154. The molecule has 0 amide bonds. The highest BCUT2D eigenvalue weighted by molar-refractivity contribution is 6.12. The van der Waals surface area contributed by atoms with Crippen molar-refractivity contribution in [2.45, 2.75) is 13.8 Å². The van der Waals surface area contributed by atoms with Crippen molar-refractivity contribution in [1.29, 1.82) is 0 Å². The first-order chi connectivity index (χ1) is 10.1. The van der Waals surface area contributed by atoms with Gasteiger partial charge in [-0.2, -0.15) is 0 Å². The normalized spacial score (nSPS) is 10.8. The molecule has 1 heterocycles. The first kappa shape index (κ1) is 13.4. The Hall–Kier alpha value is -2.55. The minimum absolute atomic E-state index is 0.154. The molecule has 0 bridgehead atoms. The Balaban J connectivity index is 2.16. The zero-order chi connectivity index (χ0) is 15.0. The maximum Gasteiger partial charge on any atom is 0.232 e. The fourth-order valence-electron chi connectivity index (χ4n) is 2.51. The van der Waals surface area contributed by atoms with Gasteiger partial charge in [-0.05, 0) is 38.1 Å². The van der Waals surface area contributed by atoms with Crippen molar-refractivity contribution in [3.63, 3.8) is 0 Å². The molecule has 3 rings (SSSR count). The SMILES string of the molecule is COc1ccccc1C(=O)c1oc2ccc(C)cc2c1C. The molecule has 106 valence electrons. The number of benzene rings is 2. The van der Waals surface area contributed by atoms with Gasteiger partial charge in [0.15, 0.2) is 5.76 Å². The molecule has 1 aromatic heterocycles. The van der Waals surface area contributed by atoms with Gasteiger partial charge in [0.05, 0.1) is 12.7 Å². The largest absolute Gasteiger partial charge is 0.496 e. The predicted molar refractivity (Wildman–Crippen MR) is 82.1 cm³/mol. The van der Waals surface area contributed by atoms with Crippen LogP contribution in [0.2, 0.25) is 0 Å². The van der Waals surface area contributed by atoms with Gasteiger partial charge in [0, 0.05) is 10.9 Å². The van der Waals surface area contributed by atoms with Crippen molar-refractivity contribution in [3.05, 3.63) is 64.9 Å². The molecule has 0 aliphatic rings. The van der Waals surface area contributed by atoms with Crippen LogP contribution in [0.3, 0.4) is 0 Å². The molecule has 0 radical (unpaired) electrons. The second kappa shape index (κ2) is 5.09. The molecule has 21 heavy (non-hydrogen) atoms. The monoisotopic (exact) mass is 280 g/mol. The number of ether oxygens (including phenoxy) is 1. The summed E-state index contributed by atoms with van der Waals surface area (Å²) >= 11 is 0. The average molecular weight is 280 g/mol. The number of ketones is 1. The summed E-state index contributed by atoms with van der Waals surface area (Å²) in [5, 5.41) is 0.980. The zero-order valence-corrected chi connectivity index (χ0v) is 12.3. The van der Waals surface area contributed by atoms with E-state index in [1.165, 1.54) is 0 Å². The first-order valence-corrected chi connectivity index (χ1v) is 6.79. The summed E-state index contributed by atoms with van der Waals surface area (Å²) < 4.78 is 11.0. The van der Waals surface area contributed by atoms with Crippen molar-refractivity contribution >= 4 is 16.8 Å². The Morgan fingerprint density at radius 1 is 1.10 bits per heavy atom. The van der Waals surface area contributed by atoms with E-state index in [9.17, 15) is 4.79 Å². The van der Waals surface area contributed by atoms with Crippen LogP contribution in [0.5, 0.6) is 5.75 Å². The fourth-order valence-corrected chi connectivity index (χ4v) is 2.51. The molecule has 0 N–H and O–H groups in total. The lowest BCUT2D eigenvalue weighted by Gasteiger charge is -2.05. The van der Waals surface area contributed by atoms with E-state index in [0.717, 1.165) is 22.1 Å². The molecule has 3 heteroatoms. The van der Waals surface area contributed by atoms with Crippen LogP contribution in [0, 0.1) is 13.8 Å². The molecule has 0 unspecified atom stereocenters. The third kappa shape index (κ3) is 2.21. The van der Waals surface area contributed by atoms with Crippen molar-refractivity contribution in [3.8, 4) is 5.75 Å². The van der Waals surface area contributed by atoms with Crippen LogP contribution in [0.1, 0.15) is 27.2 Å². The number of aryl methyl sites for hydroxylation is 2. The molecule has 0 saturated carbocycles. The lowest BCUT2D eigenvalue weighted by molar-refractivity contribution is 0.101. The number of hydrogen-bond acceptors (Lipinski definition) is 3. The van der Waals surface area contributed by atoms with E-state index in [1.807, 2.05) is 44.2 Å². The van der Waals surface area contributed by atoms with Crippen LogP contribution in [-0.4, -0.2) is 12.9 Å². The van der Waals surface area contributed by atoms with E-state index in [4.69, 9.17) is 9.15 Å². The zero-order valence-electron chi connectivity index (χ0n) is 12.3. The minimum Gasteiger partial charge on any atom is -0.496 e. The maximum absolute atomic E-state index is 12.7. The van der Waals surface area contributed by atoms with Crippen LogP contribution < -0.4 is 4.74 Å². The molecule has 0 aliphatic heterocycles. The van der Waals surface area contributed by atoms with Crippen LogP contribution >= 0.6 is 0 Å². The number of para-hydroxylation sites is 1. The van der Waals surface area contributed by atoms with E-state index in [1.54, 1.807) is 19.2 Å². The van der Waals surface area contributed by atoms with Crippen LogP contribution in [-0.2, 0) is 0 Å². The second-order valence-electron chi connectivity index (χ2n) is 5.09. The lowest BCUT2D eigenvalue weighted by atomic mass is 10.0. The van der Waals surface area contributed by atoms with Gasteiger partial charge in [-0.25, -0.2) is 0 Å². The Morgan fingerprint density at radius 3 is 2.62 bits per heavy atom. The number of carbonyl (C=O) groups is 1. The summed E-state index contributed by atoms with van der Waals surface area (Å²) in [6, 6.07) is 13.1. The summed E-state index contributed by atoms with van der Waals surface area (Å²) in [5.74, 6) is 0.775. The highest BCUT2D eigenvalue weighted by Crippen LogP contribution is 2.30. The molecule has 0 spiro atoms. The van der Waals surface area contributed by atoms with Crippen molar-refractivity contribution in [2.75, 3.05) is 7.11 Å². The Bertz CT molecular complexity index is 828. The molecule has 0 atom stereocenters. The Morgan fingerprint density at radius 2 is 1.86 bits per heavy atom. The third-order valence-corrected chi connectivity index (χ3v) is 3.65. The van der Waals surface area contributed by atoms with E-state index >= 15 is 0 Å². The van der Waals surface area contributed by atoms with Gasteiger partial charge < -0.3 is 9.15 Å². The van der Waals surface area contributed by atoms with Gasteiger partial charge in [-0.1, -0.05) is 23.8 Å². The summed E-state index contributed by atoms with van der Waals surface area (Å²) in [6.07, 6.45) is 0. The molecule has 0 saturated heterocycles.